The van der Waals surface area contributed by atoms with E-state index in [4.69, 9.17) is 5.73 Å². The van der Waals surface area contributed by atoms with E-state index in [-0.39, 0.29) is 16.5 Å². The molecule has 1 aromatic heterocycles. The standard InChI is InChI=1S/C13H23N3O2S2/c1-5-20(17,18)11-12(14)15-19-13(11)16-7-8(2)6-9(3)10(16)4/h8-10H,5-7H2,1-4H3,(H2,14,15). The fraction of sp³-hybridized carbons (Fsp3) is 0.769. The van der Waals surface area contributed by atoms with E-state index in [2.05, 4.69) is 30.0 Å². The molecule has 1 aliphatic heterocycles. The highest BCUT2D eigenvalue weighted by Gasteiger charge is 2.34. The van der Waals surface area contributed by atoms with Crippen LogP contribution in [0.15, 0.2) is 4.90 Å². The van der Waals surface area contributed by atoms with Crippen LogP contribution in [-0.4, -0.2) is 31.1 Å². The van der Waals surface area contributed by atoms with Crippen LogP contribution in [-0.2, 0) is 9.84 Å². The largest absolute Gasteiger partial charge is 0.382 e. The average molecular weight is 317 g/mol. The molecule has 0 saturated carbocycles. The Morgan fingerprint density at radius 1 is 1.40 bits per heavy atom. The van der Waals surface area contributed by atoms with Crippen LogP contribution >= 0.6 is 11.5 Å². The molecule has 1 saturated heterocycles. The fourth-order valence-corrected chi connectivity index (χ4v) is 5.28. The lowest BCUT2D eigenvalue weighted by molar-refractivity contribution is 0.297. The van der Waals surface area contributed by atoms with Gasteiger partial charge < -0.3 is 10.6 Å². The van der Waals surface area contributed by atoms with Crippen LogP contribution in [0.2, 0.25) is 0 Å². The van der Waals surface area contributed by atoms with Gasteiger partial charge in [0.25, 0.3) is 0 Å². The van der Waals surface area contributed by atoms with Crippen LogP contribution in [0.4, 0.5) is 10.8 Å². The van der Waals surface area contributed by atoms with Crippen LogP contribution in [0.25, 0.3) is 0 Å². The Hall–Kier alpha value is -0.820. The highest BCUT2D eigenvalue weighted by atomic mass is 32.2. The zero-order valence-electron chi connectivity index (χ0n) is 12.5. The number of aromatic nitrogens is 1. The topological polar surface area (TPSA) is 76.3 Å². The number of nitrogen functional groups attached to an aromatic ring is 1. The smallest absolute Gasteiger partial charge is 0.184 e. The van der Waals surface area contributed by atoms with Crippen molar-refractivity contribution in [3.63, 3.8) is 0 Å². The van der Waals surface area contributed by atoms with Crippen molar-refractivity contribution in [2.24, 2.45) is 11.8 Å². The van der Waals surface area contributed by atoms with Gasteiger partial charge in [0.05, 0.1) is 5.75 Å². The van der Waals surface area contributed by atoms with Gasteiger partial charge in [-0.2, -0.15) is 4.37 Å². The first-order valence-electron chi connectivity index (χ1n) is 7.02. The van der Waals surface area contributed by atoms with Crippen LogP contribution in [0, 0.1) is 11.8 Å². The Balaban J connectivity index is 2.48. The minimum atomic E-state index is -3.34. The summed E-state index contributed by atoms with van der Waals surface area (Å²) in [5, 5.41) is 0.718. The second-order valence-electron chi connectivity index (χ2n) is 5.82. The van der Waals surface area contributed by atoms with E-state index in [1.165, 1.54) is 18.0 Å². The first-order valence-corrected chi connectivity index (χ1v) is 9.45. The van der Waals surface area contributed by atoms with E-state index >= 15 is 0 Å². The molecule has 3 unspecified atom stereocenters. The van der Waals surface area contributed by atoms with Gasteiger partial charge in [-0.25, -0.2) is 8.42 Å². The third kappa shape index (κ3) is 2.65. The number of hydrogen-bond donors (Lipinski definition) is 1. The van der Waals surface area contributed by atoms with Crippen LogP contribution in [0.5, 0.6) is 0 Å². The number of nitrogens with two attached hydrogens (primary N) is 1. The monoisotopic (exact) mass is 317 g/mol. The lowest BCUT2D eigenvalue weighted by Crippen LogP contribution is -2.46. The van der Waals surface area contributed by atoms with E-state index < -0.39 is 9.84 Å². The maximum Gasteiger partial charge on any atom is 0.184 e. The molecule has 2 rings (SSSR count). The Morgan fingerprint density at radius 2 is 2.05 bits per heavy atom. The number of rotatable bonds is 3. The molecule has 0 aromatic carbocycles. The molecule has 0 spiro atoms. The van der Waals surface area contributed by atoms with Crippen molar-refractivity contribution < 1.29 is 8.42 Å². The Morgan fingerprint density at radius 3 is 2.65 bits per heavy atom. The summed E-state index contributed by atoms with van der Waals surface area (Å²) in [5.74, 6) is 1.27. The van der Waals surface area contributed by atoms with Gasteiger partial charge in [-0.3, -0.25) is 0 Å². The molecule has 0 radical (unpaired) electrons. The molecule has 1 aliphatic rings. The summed E-state index contributed by atoms with van der Waals surface area (Å²) in [6, 6.07) is 0.303. The van der Waals surface area contributed by atoms with Crippen molar-refractivity contribution in [1.29, 1.82) is 0 Å². The first kappa shape index (κ1) is 15.6. The fourth-order valence-electron chi connectivity index (χ4n) is 2.89. The third-order valence-corrected chi connectivity index (χ3v) is 7.02. The SMILES string of the molecule is CCS(=O)(=O)c1c(N)nsc1N1CC(C)CC(C)C1C. The van der Waals surface area contributed by atoms with Crippen molar-refractivity contribution in [1.82, 2.24) is 4.37 Å². The van der Waals surface area contributed by atoms with Gasteiger partial charge in [-0.1, -0.05) is 20.8 Å². The van der Waals surface area contributed by atoms with Crippen molar-refractivity contribution in [2.75, 3.05) is 22.9 Å². The molecule has 2 heterocycles. The number of anilines is 2. The quantitative estimate of drug-likeness (QED) is 0.926. The predicted molar refractivity (Wildman–Crippen MR) is 84.0 cm³/mol. The molecule has 0 aliphatic carbocycles. The summed E-state index contributed by atoms with van der Waals surface area (Å²) in [5.41, 5.74) is 5.82. The Kier molecular flexibility index (Phi) is 4.30. The number of nitrogens with zero attached hydrogens (tertiary/aromatic N) is 2. The Bertz CT molecular complexity index is 582. The molecule has 114 valence electrons. The molecular weight excluding hydrogens is 294 g/mol. The lowest BCUT2D eigenvalue weighted by Gasteiger charge is -2.41. The second kappa shape index (κ2) is 5.52. The van der Waals surface area contributed by atoms with Crippen molar-refractivity contribution in [2.45, 2.75) is 45.1 Å². The van der Waals surface area contributed by atoms with Crippen LogP contribution in [0.1, 0.15) is 34.1 Å². The maximum atomic E-state index is 12.3. The molecular formula is C13H23N3O2S2. The molecule has 7 heteroatoms. The van der Waals surface area contributed by atoms with Crippen LogP contribution < -0.4 is 10.6 Å². The highest BCUT2D eigenvalue weighted by molar-refractivity contribution is 7.91. The number of piperidine rings is 1. The highest BCUT2D eigenvalue weighted by Crippen LogP contribution is 2.40. The maximum absolute atomic E-state index is 12.3. The Labute approximate surface area is 125 Å². The molecule has 0 amide bonds. The number of sulfone groups is 1. The molecule has 2 N–H and O–H groups in total. The van der Waals surface area contributed by atoms with Gasteiger partial charge >= 0.3 is 0 Å². The summed E-state index contributed by atoms with van der Waals surface area (Å²) >= 11 is 1.20. The molecule has 1 fully saturated rings. The molecule has 0 bridgehead atoms. The van der Waals surface area contributed by atoms with Gasteiger partial charge in [0.2, 0.25) is 0 Å². The van der Waals surface area contributed by atoms with Gasteiger partial charge in [-0.05, 0) is 36.7 Å². The summed E-state index contributed by atoms with van der Waals surface area (Å²) in [7, 11) is -3.34. The molecule has 5 nitrogen and oxygen atoms in total. The van der Waals surface area contributed by atoms with Crippen molar-refractivity contribution in [3.05, 3.63) is 0 Å². The zero-order valence-corrected chi connectivity index (χ0v) is 14.1. The molecule has 20 heavy (non-hydrogen) atoms. The summed E-state index contributed by atoms with van der Waals surface area (Å²) < 4.78 is 28.6. The predicted octanol–water partition coefficient (Wildman–Crippen LogP) is 2.39. The van der Waals surface area contributed by atoms with Gasteiger partial charge in [0.15, 0.2) is 15.7 Å². The third-order valence-electron chi connectivity index (χ3n) is 4.21. The summed E-state index contributed by atoms with van der Waals surface area (Å²) in [6.45, 7) is 9.06. The van der Waals surface area contributed by atoms with E-state index in [9.17, 15) is 8.42 Å². The average Bonchev–Trinajstić information content (AvgIpc) is 2.76. The summed E-state index contributed by atoms with van der Waals surface area (Å²) in [6.07, 6.45) is 1.17. The van der Waals surface area contributed by atoms with Gasteiger partial charge in [0, 0.05) is 12.6 Å². The second-order valence-corrected chi connectivity index (χ2v) is 8.78. The van der Waals surface area contributed by atoms with Gasteiger partial charge in [0.1, 0.15) is 9.90 Å². The van der Waals surface area contributed by atoms with E-state index in [0.29, 0.717) is 17.9 Å². The van der Waals surface area contributed by atoms with Crippen LogP contribution in [0.3, 0.4) is 0 Å². The van der Waals surface area contributed by atoms with E-state index in [1.807, 2.05) is 0 Å². The molecule has 1 aromatic rings. The first-order chi connectivity index (χ1) is 9.27. The normalized spacial score (nSPS) is 27.8. The lowest BCUT2D eigenvalue weighted by atomic mass is 9.86. The van der Waals surface area contributed by atoms with Crippen molar-refractivity contribution in [3.8, 4) is 0 Å². The minimum absolute atomic E-state index is 0.0515. The minimum Gasteiger partial charge on any atom is -0.382 e. The van der Waals surface area contributed by atoms with Gasteiger partial charge in [-0.15, -0.1) is 0 Å². The molecule has 3 atom stereocenters. The van der Waals surface area contributed by atoms with E-state index in [0.717, 1.165) is 11.5 Å². The van der Waals surface area contributed by atoms with Crippen molar-refractivity contribution >= 4 is 32.2 Å². The zero-order chi connectivity index (χ0) is 15.1. The van der Waals surface area contributed by atoms with E-state index in [1.54, 1.807) is 6.92 Å². The summed E-state index contributed by atoms with van der Waals surface area (Å²) in [4.78, 5) is 2.41. The number of hydrogen-bond acceptors (Lipinski definition) is 6.